The molecule has 2 rings (SSSR count). The van der Waals surface area contributed by atoms with Gasteiger partial charge in [-0.15, -0.1) is 0 Å². The molecule has 1 amide bonds. The molecule has 0 unspecified atom stereocenters. The van der Waals surface area contributed by atoms with Crippen molar-refractivity contribution in [2.24, 2.45) is 0 Å². The van der Waals surface area contributed by atoms with Gasteiger partial charge in [0.05, 0.1) is 31.3 Å². The van der Waals surface area contributed by atoms with Crippen LogP contribution < -0.4 is 9.64 Å². The van der Waals surface area contributed by atoms with Crippen LogP contribution in [0.2, 0.25) is 0 Å². The lowest BCUT2D eigenvalue weighted by Crippen LogP contribution is -2.26. The molecule has 1 heterocycles. The average molecular weight is 249 g/mol. The summed E-state index contributed by atoms with van der Waals surface area (Å²) in [4.78, 5) is 35.1. The number of amides is 1. The Morgan fingerprint density at radius 3 is 2.61 bits per heavy atom. The Morgan fingerprint density at radius 2 is 2.11 bits per heavy atom. The Labute approximate surface area is 103 Å². The summed E-state index contributed by atoms with van der Waals surface area (Å²) in [6.07, 6.45) is -0.184. The Balaban J connectivity index is 2.50. The number of carbonyl (C=O) groups excluding carboxylic acids is 2. The summed E-state index contributed by atoms with van der Waals surface area (Å²) in [5.41, 5.74) is 0.163. The minimum Gasteiger partial charge on any atom is -0.497 e. The van der Waals surface area contributed by atoms with Crippen molar-refractivity contribution in [2.75, 3.05) is 18.6 Å². The molecule has 94 valence electrons. The molecule has 0 bridgehead atoms. The molecule has 0 aliphatic carbocycles. The van der Waals surface area contributed by atoms with Gasteiger partial charge < -0.3 is 14.7 Å². The molecule has 1 aliphatic heterocycles. The van der Waals surface area contributed by atoms with Crippen molar-refractivity contribution in [3.63, 3.8) is 0 Å². The van der Waals surface area contributed by atoms with Gasteiger partial charge in [0, 0.05) is 6.07 Å². The number of carboxylic acid groups (broad SMARTS) is 1. The number of benzene rings is 1. The molecule has 1 aliphatic rings. The molecular weight excluding hydrogens is 238 g/mol. The number of Topliss-reactive ketones (excluding diaryl/α,β-unsaturated/α-hetero) is 1. The zero-order valence-electron chi connectivity index (χ0n) is 9.67. The number of aromatic carboxylic acids is 1. The number of carbonyl (C=O) groups is 3. The number of anilines is 1. The molecular formula is C12H11NO5. The predicted molar refractivity (Wildman–Crippen MR) is 61.9 cm³/mol. The van der Waals surface area contributed by atoms with E-state index < -0.39 is 11.9 Å². The quantitative estimate of drug-likeness (QED) is 0.797. The van der Waals surface area contributed by atoms with E-state index in [1.807, 2.05) is 0 Å². The number of rotatable bonds is 3. The summed E-state index contributed by atoms with van der Waals surface area (Å²) < 4.78 is 5.00. The van der Waals surface area contributed by atoms with Crippen molar-refractivity contribution in [3.05, 3.63) is 23.8 Å². The van der Waals surface area contributed by atoms with E-state index in [9.17, 15) is 14.4 Å². The summed E-state index contributed by atoms with van der Waals surface area (Å²) >= 11 is 0. The topological polar surface area (TPSA) is 83.9 Å². The Morgan fingerprint density at radius 1 is 1.39 bits per heavy atom. The molecule has 1 fully saturated rings. The first-order valence-electron chi connectivity index (χ1n) is 5.26. The molecule has 18 heavy (non-hydrogen) atoms. The maximum absolute atomic E-state index is 11.6. The van der Waals surface area contributed by atoms with Gasteiger partial charge in [-0.1, -0.05) is 0 Å². The van der Waals surface area contributed by atoms with Crippen LogP contribution in [-0.4, -0.2) is 36.4 Å². The van der Waals surface area contributed by atoms with Gasteiger partial charge in [-0.05, 0) is 12.1 Å². The van der Waals surface area contributed by atoms with Crippen LogP contribution >= 0.6 is 0 Å². The fraction of sp³-hybridized carbons (Fsp3) is 0.250. The number of hydrogen-bond acceptors (Lipinski definition) is 4. The second-order valence-corrected chi connectivity index (χ2v) is 3.88. The normalized spacial score (nSPS) is 15.1. The monoisotopic (exact) mass is 249 g/mol. The van der Waals surface area contributed by atoms with Gasteiger partial charge in [0.1, 0.15) is 5.75 Å². The maximum atomic E-state index is 11.6. The molecule has 0 atom stereocenters. The van der Waals surface area contributed by atoms with Gasteiger partial charge >= 0.3 is 5.97 Å². The number of methoxy groups -OCH3 is 1. The lowest BCUT2D eigenvalue weighted by molar-refractivity contribution is -0.121. The maximum Gasteiger partial charge on any atom is 0.337 e. The van der Waals surface area contributed by atoms with E-state index in [0.29, 0.717) is 5.75 Å². The fourth-order valence-corrected chi connectivity index (χ4v) is 1.85. The van der Waals surface area contributed by atoms with Crippen molar-refractivity contribution in [1.29, 1.82) is 0 Å². The molecule has 0 aromatic heterocycles. The largest absolute Gasteiger partial charge is 0.497 e. The molecule has 1 saturated heterocycles. The Hall–Kier alpha value is -2.37. The number of ketones is 1. The minimum atomic E-state index is -1.15. The highest BCUT2D eigenvalue weighted by molar-refractivity contribution is 6.16. The van der Waals surface area contributed by atoms with E-state index in [4.69, 9.17) is 9.84 Å². The molecule has 1 aromatic rings. The third-order valence-corrected chi connectivity index (χ3v) is 2.71. The highest BCUT2D eigenvalue weighted by atomic mass is 16.5. The third-order valence-electron chi connectivity index (χ3n) is 2.71. The van der Waals surface area contributed by atoms with Crippen LogP contribution in [0.3, 0.4) is 0 Å². The first-order valence-corrected chi connectivity index (χ1v) is 5.26. The summed E-state index contributed by atoms with van der Waals surface area (Å²) in [7, 11) is 1.44. The smallest absolute Gasteiger partial charge is 0.337 e. The second kappa shape index (κ2) is 4.48. The van der Waals surface area contributed by atoms with E-state index in [1.54, 1.807) is 0 Å². The molecule has 1 N–H and O–H groups in total. The summed E-state index contributed by atoms with van der Waals surface area (Å²) in [6, 6.07) is 4.29. The zero-order chi connectivity index (χ0) is 13.3. The number of hydrogen-bond donors (Lipinski definition) is 1. The van der Waals surface area contributed by atoms with Crippen molar-refractivity contribution in [1.82, 2.24) is 0 Å². The summed E-state index contributed by atoms with van der Waals surface area (Å²) in [6.45, 7) is -0.0910. The van der Waals surface area contributed by atoms with E-state index in [2.05, 4.69) is 0 Å². The van der Waals surface area contributed by atoms with Crippen LogP contribution in [0.15, 0.2) is 18.2 Å². The van der Waals surface area contributed by atoms with Crippen molar-refractivity contribution in [2.45, 2.75) is 6.42 Å². The van der Waals surface area contributed by atoms with Crippen LogP contribution in [-0.2, 0) is 9.59 Å². The first kappa shape index (κ1) is 12.1. The highest BCUT2D eigenvalue weighted by Gasteiger charge is 2.31. The van der Waals surface area contributed by atoms with Crippen LogP contribution in [0.5, 0.6) is 5.75 Å². The predicted octanol–water partition coefficient (Wildman–Crippen LogP) is 0.699. The van der Waals surface area contributed by atoms with Gasteiger partial charge in [-0.3, -0.25) is 9.59 Å². The Kier molecular flexibility index (Phi) is 3.01. The summed E-state index contributed by atoms with van der Waals surface area (Å²) in [5.74, 6) is -1.34. The molecule has 0 spiro atoms. The molecule has 6 heteroatoms. The minimum absolute atomic E-state index is 0.0288. The third kappa shape index (κ3) is 2.04. The first-order chi connectivity index (χ1) is 8.52. The molecule has 0 radical (unpaired) electrons. The summed E-state index contributed by atoms with van der Waals surface area (Å²) in [5, 5.41) is 9.08. The van der Waals surface area contributed by atoms with E-state index in [1.165, 1.54) is 30.2 Å². The van der Waals surface area contributed by atoms with Crippen LogP contribution in [0.25, 0.3) is 0 Å². The van der Waals surface area contributed by atoms with E-state index in [0.717, 1.165) is 0 Å². The molecule has 6 nitrogen and oxygen atoms in total. The van der Waals surface area contributed by atoms with Gasteiger partial charge in [-0.2, -0.15) is 0 Å². The second-order valence-electron chi connectivity index (χ2n) is 3.88. The van der Waals surface area contributed by atoms with Crippen LogP contribution in [0.4, 0.5) is 5.69 Å². The van der Waals surface area contributed by atoms with Gasteiger partial charge in [0.2, 0.25) is 5.91 Å². The Bertz CT molecular complexity index is 537. The van der Waals surface area contributed by atoms with Crippen molar-refractivity contribution >= 4 is 23.3 Å². The van der Waals surface area contributed by atoms with Gasteiger partial charge in [0.25, 0.3) is 0 Å². The van der Waals surface area contributed by atoms with Gasteiger partial charge in [-0.25, -0.2) is 4.79 Å². The lowest BCUT2D eigenvalue weighted by atomic mass is 10.1. The lowest BCUT2D eigenvalue weighted by Gasteiger charge is -2.18. The van der Waals surface area contributed by atoms with Crippen molar-refractivity contribution in [3.8, 4) is 5.75 Å². The highest BCUT2D eigenvalue weighted by Crippen LogP contribution is 2.28. The van der Waals surface area contributed by atoms with E-state index >= 15 is 0 Å². The molecule has 1 aromatic carbocycles. The standard InChI is InChI=1S/C12H11NO5/c1-18-8-2-3-9(12(16)17)10(5-8)13-6-7(14)4-11(13)15/h2-3,5H,4,6H2,1H3,(H,16,17). The van der Waals surface area contributed by atoms with Crippen LogP contribution in [0.1, 0.15) is 16.8 Å². The van der Waals surface area contributed by atoms with E-state index in [-0.39, 0.29) is 30.0 Å². The number of nitrogens with zero attached hydrogens (tertiary/aromatic N) is 1. The zero-order valence-corrected chi connectivity index (χ0v) is 9.67. The van der Waals surface area contributed by atoms with Gasteiger partial charge in [0.15, 0.2) is 5.78 Å². The SMILES string of the molecule is COc1ccc(C(=O)O)c(N2CC(=O)CC2=O)c1. The fourth-order valence-electron chi connectivity index (χ4n) is 1.85. The average Bonchev–Trinajstić information content (AvgIpc) is 2.67. The number of carboxylic acids is 1. The molecule has 0 saturated carbocycles. The van der Waals surface area contributed by atoms with Crippen LogP contribution in [0, 0.1) is 0 Å². The number of ether oxygens (including phenoxy) is 1. The van der Waals surface area contributed by atoms with Crippen molar-refractivity contribution < 1.29 is 24.2 Å².